The Labute approximate surface area is 122 Å². The Bertz CT molecular complexity index is 376. The summed E-state index contributed by atoms with van der Waals surface area (Å²) in [6, 6.07) is 3.01. The van der Waals surface area contributed by atoms with Gasteiger partial charge in [0.05, 0.1) is 0 Å². The third-order valence-electron chi connectivity index (χ3n) is 4.79. The number of thiophene rings is 1. The molecular formula is C17H29NS. The zero-order valence-corrected chi connectivity index (χ0v) is 13.8. The average molecular weight is 279 g/mol. The van der Waals surface area contributed by atoms with Gasteiger partial charge >= 0.3 is 0 Å². The minimum Gasteiger partial charge on any atom is -0.309 e. The van der Waals surface area contributed by atoms with Crippen LogP contribution < -0.4 is 5.32 Å². The minimum absolute atomic E-state index is 0.594. The Balaban J connectivity index is 2.14. The second kappa shape index (κ2) is 6.90. The van der Waals surface area contributed by atoms with Gasteiger partial charge in [-0.3, -0.25) is 0 Å². The van der Waals surface area contributed by atoms with Crippen LogP contribution in [-0.4, -0.2) is 6.54 Å². The first kappa shape index (κ1) is 15.1. The number of aryl methyl sites for hydroxylation is 2. The molecule has 0 saturated heterocycles. The van der Waals surface area contributed by atoms with Crippen molar-refractivity contribution < 1.29 is 0 Å². The van der Waals surface area contributed by atoms with E-state index in [-0.39, 0.29) is 0 Å². The maximum Gasteiger partial charge on any atom is 0.0443 e. The zero-order valence-electron chi connectivity index (χ0n) is 13.0. The molecule has 0 amide bonds. The molecule has 2 heteroatoms. The molecule has 108 valence electrons. The largest absolute Gasteiger partial charge is 0.309 e. The molecule has 1 aliphatic rings. The maximum absolute atomic E-state index is 3.76. The molecule has 19 heavy (non-hydrogen) atoms. The van der Waals surface area contributed by atoms with Crippen molar-refractivity contribution in [3.05, 3.63) is 21.4 Å². The molecule has 0 aliphatic heterocycles. The van der Waals surface area contributed by atoms with Crippen molar-refractivity contribution in [2.24, 2.45) is 11.8 Å². The first-order valence-corrected chi connectivity index (χ1v) is 8.77. The van der Waals surface area contributed by atoms with Crippen LogP contribution in [0.5, 0.6) is 0 Å². The predicted octanol–water partition coefficient (Wildman–Crippen LogP) is 5.23. The second-order valence-electron chi connectivity index (χ2n) is 6.12. The van der Waals surface area contributed by atoms with Crippen LogP contribution in [0.25, 0.3) is 0 Å². The fourth-order valence-electron chi connectivity index (χ4n) is 3.48. The van der Waals surface area contributed by atoms with Crippen LogP contribution in [-0.2, 0) is 0 Å². The summed E-state index contributed by atoms with van der Waals surface area (Å²) in [5.74, 6) is 1.80. The van der Waals surface area contributed by atoms with E-state index in [2.05, 4.69) is 39.1 Å². The molecule has 0 bridgehead atoms. The smallest absolute Gasteiger partial charge is 0.0443 e. The summed E-state index contributed by atoms with van der Waals surface area (Å²) in [6.45, 7) is 10.2. The van der Waals surface area contributed by atoms with Gasteiger partial charge in [-0.05, 0) is 56.7 Å². The van der Waals surface area contributed by atoms with Gasteiger partial charge in [-0.2, -0.15) is 0 Å². The highest BCUT2D eigenvalue weighted by atomic mass is 32.1. The van der Waals surface area contributed by atoms with Crippen LogP contribution in [0.4, 0.5) is 0 Å². The fraction of sp³-hybridized carbons (Fsp3) is 0.765. The van der Waals surface area contributed by atoms with Crippen LogP contribution in [0.3, 0.4) is 0 Å². The summed E-state index contributed by atoms with van der Waals surface area (Å²) in [7, 11) is 0. The molecule has 1 heterocycles. The lowest BCUT2D eigenvalue weighted by atomic mass is 9.76. The molecule has 2 rings (SSSR count). The summed E-state index contributed by atoms with van der Waals surface area (Å²) in [5.41, 5.74) is 1.46. The SMILES string of the molecule is CCNC(c1cc(C)c(C)s1)C1CCCC(CC)C1. The lowest BCUT2D eigenvalue weighted by molar-refractivity contribution is 0.212. The quantitative estimate of drug-likeness (QED) is 0.778. The van der Waals surface area contributed by atoms with E-state index in [1.54, 1.807) is 4.88 Å². The predicted molar refractivity (Wildman–Crippen MR) is 85.9 cm³/mol. The van der Waals surface area contributed by atoms with Crippen molar-refractivity contribution in [2.75, 3.05) is 6.54 Å². The highest BCUT2D eigenvalue weighted by Crippen LogP contribution is 2.40. The lowest BCUT2D eigenvalue weighted by Gasteiger charge is -2.34. The van der Waals surface area contributed by atoms with Gasteiger partial charge < -0.3 is 5.32 Å². The van der Waals surface area contributed by atoms with E-state index in [1.165, 1.54) is 42.5 Å². The van der Waals surface area contributed by atoms with Crippen LogP contribution in [0.15, 0.2) is 6.07 Å². The maximum atomic E-state index is 3.76. The summed E-state index contributed by atoms with van der Waals surface area (Å²) < 4.78 is 0. The van der Waals surface area contributed by atoms with Gasteiger partial charge in [-0.1, -0.05) is 33.1 Å². The Morgan fingerprint density at radius 2 is 2.11 bits per heavy atom. The van der Waals surface area contributed by atoms with Crippen LogP contribution in [0.2, 0.25) is 0 Å². The monoisotopic (exact) mass is 279 g/mol. The van der Waals surface area contributed by atoms with Crippen molar-refractivity contribution in [1.29, 1.82) is 0 Å². The Morgan fingerprint density at radius 3 is 2.68 bits per heavy atom. The average Bonchev–Trinajstić information content (AvgIpc) is 2.75. The molecule has 0 aromatic carbocycles. The highest BCUT2D eigenvalue weighted by Gasteiger charge is 2.29. The van der Waals surface area contributed by atoms with E-state index in [1.807, 2.05) is 11.3 Å². The van der Waals surface area contributed by atoms with Crippen molar-refractivity contribution in [3.8, 4) is 0 Å². The Hall–Kier alpha value is -0.340. The number of rotatable bonds is 5. The van der Waals surface area contributed by atoms with Gasteiger partial charge in [0, 0.05) is 15.8 Å². The number of hydrogen-bond donors (Lipinski definition) is 1. The standard InChI is InChI=1S/C17H29NS/c1-5-14-8-7-9-15(11-14)17(18-6-2)16-10-12(3)13(4)19-16/h10,14-15,17-18H,5-9,11H2,1-4H3. The van der Waals surface area contributed by atoms with Gasteiger partial charge in [0.1, 0.15) is 0 Å². The normalized spacial score (nSPS) is 25.5. The molecule has 0 radical (unpaired) electrons. The summed E-state index contributed by atoms with van der Waals surface area (Å²) >= 11 is 2.00. The third-order valence-corrected chi connectivity index (χ3v) is 6.02. The van der Waals surface area contributed by atoms with E-state index in [4.69, 9.17) is 0 Å². The van der Waals surface area contributed by atoms with E-state index in [0.717, 1.165) is 18.4 Å². The van der Waals surface area contributed by atoms with Gasteiger partial charge in [-0.25, -0.2) is 0 Å². The molecule has 1 N–H and O–H groups in total. The molecule has 3 atom stereocenters. The van der Waals surface area contributed by atoms with Crippen molar-refractivity contribution in [2.45, 2.75) is 65.8 Å². The van der Waals surface area contributed by atoms with E-state index in [9.17, 15) is 0 Å². The van der Waals surface area contributed by atoms with Crippen molar-refractivity contribution in [1.82, 2.24) is 5.32 Å². The van der Waals surface area contributed by atoms with E-state index in [0.29, 0.717) is 6.04 Å². The molecule has 0 spiro atoms. The van der Waals surface area contributed by atoms with E-state index >= 15 is 0 Å². The van der Waals surface area contributed by atoms with Crippen molar-refractivity contribution in [3.63, 3.8) is 0 Å². The molecule has 1 fully saturated rings. The van der Waals surface area contributed by atoms with Gasteiger partial charge in [0.15, 0.2) is 0 Å². The highest BCUT2D eigenvalue weighted by molar-refractivity contribution is 7.12. The van der Waals surface area contributed by atoms with Crippen molar-refractivity contribution >= 4 is 11.3 Å². The number of nitrogens with one attached hydrogen (secondary N) is 1. The van der Waals surface area contributed by atoms with Gasteiger partial charge in [0.25, 0.3) is 0 Å². The van der Waals surface area contributed by atoms with Crippen LogP contribution in [0.1, 0.15) is 67.3 Å². The molecular weight excluding hydrogens is 250 g/mol. The van der Waals surface area contributed by atoms with Gasteiger partial charge in [-0.15, -0.1) is 11.3 Å². The topological polar surface area (TPSA) is 12.0 Å². The second-order valence-corrected chi connectivity index (χ2v) is 7.41. The Kier molecular flexibility index (Phi) is 5.47. The van der Waals surface area contributed by atoms with Gasteiger partial charge in [0.2, 0.25) is 0 Å². The van der Waals surface area contributed by atoms with Crippen LogP contribution >= 0.6 is 11.3 Å². The fourth-order valence-corrected chi connectivity index (χ4v) is 4.69. The summed E-state index contributed by atoms with van der Waals surface area (Å²) in [5, 5.41) is 3.76. The first-order valence-electron chi connectivity index (χ1n) is 7.96. The van der Waals surface area contributed by atoms with E-state index < -0.39 is 0 Å². The third kappa shape index (κ3) is 3.61. The number of hydrogen-bond acceptors (Lipinski definition) is 2. The summed E-state index contributed by atoms with van der Waals surface area (Å²) in [6.07, 6.45) is 7.06. The minimum atomic E-state index is 0.594. The molecule has 1 nitrogen and oxygen atoms in total. The molecule has 1 aromatic heterocycles. The molecule has 3 unspecified atom stereocenters. The zero-order chi connectivity index (χ0) is 13.8. The Morgan fingerprint density at radius 1 is 1.32 bits per heavy atom. The molecule has 1 aliphatic carbocycles. The summed E-state index contributed by atoms with van der Waals surface area (Å²) in [4.78, 5) is 3.05. The molecule has 1 aromatic rings. The van der Waals surface area contributed by atoms with Crippen LogP contribution in [0, 0.1) is 25.7 Å². The lowest BCUT2D eigenvalue weighted by Crippen LogP contribution is -2.31. The first-order chi connectivity index (χ1) is 9.15. The molecule has 1 saturated carbocycles.